The molecule has 1 aromatic heterocycles. The molecule has 1 aliphatic heterocycles. The third-order valence-electron chi connectivity index (χ3n) is 3.93. The molecule has 2 fully saturated rings. The van der Waals surface area contributed by atoms with Gasteiger partial charge in [0, 0.05) is 18.4 Å². The summed E-state index contributed by atoms with van der Waals surface area (Å²) in [6.45, 7) is 1.15. The van der Waals surface area contributed by atoms with E-state index in [0.29, 0.717) is 12.0 Å². The summed E-state index contributed by atoms with van der Waals surface area (Å²) in [5.74, 6) is 1.62. The van der Waals surface area contributed by atoms with Crippen molar-refractivity contribution in [2.45, 2.75) is 56.9 Å². The Morgan fingerprint density at radius 2 is 2.19 bits per heavy atom. The van der Waals surface area contributed by atoms with Crippen molar-refractivity contribution in [3.05, 3.63) is 17.8 Å². The zero-order valence-electron chi connectivity index (χ0n) is 9.74. The minimum absolute atomic E-state index is 0.585. The van der Waals surface area contributed by atoms with Gasteiger partial charge >= 0.3 is 0 Å². The molecule has 16 heavy (non-hydrogen) atoms. The SMILES string of the molecule is c1oc(CC2CCCCN2)nc1C1CCC1. The van der Waals surface area contributed by atoms with Crippen molar-refractivity contribution in [1.29, 1.82) is 0 Å². The van der Waals surface area contributed by atoms with Gasteiger partial charge in [-0.3, -0.25) is 0 Å². The van der Waals surface area contributed by atoms with Gasteiger partial charge in [-0.1, -0.05) is 12.8 Å². The summed E-state index contributed by atoms with van der Waals surface area (Å²) in [5.41, 5.74) is 1.19. The molecule has 3 heteroatoms. The Morgan fingerprint density at radius 3 is 2.88 bits per heavy atom. The van der Waals surface area contributed by atoms with Crippen LogP contribution >= 0.6 is 0 Å². The number of piperidine rings is 1. The van der Waals surface area contributed by atoms with Crippen LogP contribution in [0.5, 0.6) is 0 Å². The fourth-order valence-electron chi connectivity index (χ4n) is 2.62. The second-order valence-electron chi connectivity index (χ2n) is 5.14. The topological polar surface area (TPSA) is 38.1 Å². The first-order valence-electron chi connectivity index (χ1n) is 6.59. The lowest BCUT2D eigenvalue weighted by atomic mass is 9.83. The van der Waals surface area contributed by atoms with Crippen molar-refractivity contribution in [3.63, 3.8) is 0 Å². The van der Waals surface area contributed by atoms with Crippen LogP contribution in [0.1, 0.15) is 56.0 Å². The van der Waals surface area contributed by atoms with Gasteiger partial charge in [0.1, 0.15) is 6.26 Å². The summed E-state index contributed by atoms with van der Waals surface area (Å²) in [7, 11) is 0. The number of hydrogen-bond acceptors (Lipinski definition) is 3. The Morgan fingerprint density at radius 1 is 1.25 bits per heavy atom. The second-order valence-corrected chi connectivity index (χ2v) is 5.14. The Kier molecular flexibility index (Phi) is 2.96. The molecule has 88 valence electrons. The Bertz CT molecular complexity index is 337. The highest BCUT2D eigenvalue weighted by Crippen LogP contribution is 2.35. The summed E-state index contributed by atoms with van der Waals surface area (Å²) in [6.07, 6.45) is 10.7. The summed E-state index contributed by atoms with van der Waals surface area (Å²) >= 11 is 0. The van der Waals surface area contributed by atoms with Crippen LogP contribution in [0.4, 0.5) is 0 Å². The monoisotopic (exact) mass is 220 g/mol. The molecule has 1 N–H and O–H groups in total. The second kappa shape index (κ2) is 4.58. The molecule has 0 aromatic carbocycles. The number of hydrogen-bond donors (Lipinski definition) is 1. The van der Waals surface area contributed by atoms with Crippen LogP contribution in [0, 0.1) is 0 Å². The molecule has 3 nitrogen and oxygen atoms in total. The Hall–Kier alpha value is -0.830. The number of rotatable bonds is 3. The van der Waals surface area contributed by atoms with E-state index in [4.69, 9.17) is 4.42 Å². The summed E-state index contributed by atoms with van der Waals surface area (Å²) in [5, 5.41) is 3.53. The first kappa shape index (κ1) is 10.3. The van der Waals surface area contributed by atoms with Crippen molar-refractivity contribution >= 4 is 0 Å². The molecule has 1 unspecified atom stereocenters. The van der Waals surface area contributed by atoms with Crippen LogP contribution in [0.25, 0.3) is 0 Å². The van der Waals surface area contributed by atoms with Gasteiger partial charge in [0.25, 0.3) is 0 Å². The van der Waals surface area contributed by atoms with Crippen LogP contribution in [0.15, 0.2) is 10.7 Å². The lowest BCUT2D eigenvalue weighted by molar-refractivity contribution is 0.367. The highest BCUT2D eigenvalue weighted by Gasteiger charge is 2.23. The van der Waals surface area contributed by atoms with Crippen molar-refractivity contribution in [2.75, 3.05) is 6.54 Å². The van der Waals surface area contributed by atoms with Crippen molar-refractivity contribution in [3.8, 4) is 0 Å². The summed E-state index contributed by atoms with van der Waals surface area (Å²) in [6, 6.07) is 0.585. The van der Waals surface area contributed by atoms with Gasteiger partial charge in [-0.05, 0) is 32.2 Å². The van der Waals surface area contributed by atoms with E-state index >= 15 is 0 Å². The van der Waals surface area contributed by atoms with Crippen molar-refractivity contribution in [2.24, 2.45) is 0 Å². The van der Waals surface area contributed by atoms with Crippen LogP contribution in [-0.4, -0.2) is 17.6 Å². The number of aromatic nitrogens is 1. The Balaban J connectivity index is 1.58. The first-order valence-corrected chi connectivity index (χ1v) is 6.59. The zero-order valence-corrected chi connectivity index (χ0v) is 9.74. The third-order valence-corrected chi connectivity index (χ3v) is 3.93. The van der Waals surface area contributed by atoms with Crippen molar-refractivity contribution < 1.29 is 4.42 Å². The predicted octanol–water partition coefficient (Wildman–Crippen LogP) is 2.63. The lowest BCUT2D eigenvalue weighted by Crippen LogP contribution is -2.35. The highest BCUT2D eigenvalue weighted by molar-refractivity contribution is 5.08. The van der Waals surface area contributed by atoms with Gasteiger partial charge in [-0.15, -0.1) is 0 Å². The quantitative estimate of drug-likeness (QED) is 0.851. The van der Waals surface area contributed by atoms with E-state index in [1.165, 1.54) is 44.2 Å². The molecular formula is C13H20N2O. The average Bonchev–Trinajstić information content (AvgIpc) is 2.65. The largest absolute Gasteiger partial charge is 0.449 e. The molecular weight excluding hydrogens is 200 g/mol. The Labute approximate surface area is 96.6 Å². The van der Waals surface area contributed by atoms with E-state index in [1.54, 1.807) is 0 Å². The number of oxazole rings is 1. The number of nitrogens with zero attached hydrogens (tertiary/aromatic N) is 1. The summed E-state index contributed by atoms with van der Waals surface area (Å²) < 4.78 is 5.57. The standard InChI is InChI=1S/C13H20N2O/c1-2-7-14-11(6-1)8-13-15-12(9-16-13)10-4-3-5-10/h9-11,14H,1-8H2. The maximum atomic E-state index is 5.57. The molecule has 3 rings (SSSR count). The molecule has 1 saturated heterocycles. The normalized spacial score (nSPS) is 26.6. The van der Waals surface area contributed by atoms with E-state index in [9.17, 15) is 0 Å². The maximum absolute atomic E-state index is 5.57. The maximum Gasteiger partial charge on any atom is 0.195 e. The first-order chi connectivity index (χ1) is 7.92. The van der Waals surface area contributed by atoms with Gasteiger partial charge in [-0.25, -0.2) is 4.98 Å². The van der Waals surface area contributed by atoms with E-state index in [0.717, 1.165) is 18.9 Å². The molecule has 0 spiro atoms. The lowest BCUT2D eigenvalue weighted by Gasteiger charge is -2.23. The molecule has 2 aliphatic rings. The molecule has 2 heterocycles. The van der Waals surface area contributed by atoms with Gasteiger partial charge in [-0.2, -0.15) is 0 Å². The zero-order chi connectivity index (χ0) is 10.8. The van der Waals surface area contributed by atoms with Crippen LogP contribution in [-0.2, 0) is 6.42 Å². The molecule has 0 amide bonds. The van der Waals surface area contributed by atoms with E-state index in [2.05, 4.69) is 10.3 Å². The molecule has 0 radical (unpaired) electrons. The average molecular weight is 220 g/mol. The van der Waals surface area contributed by atoms with E-state index in [1.807, 2.05) is 6.26 Å². The van der Waals surface area contributed by atoms with E-state index in [-0.39, 0.29) is 0 Å². The number of nitrogens with one attached hydrogen (secondary N) is 1. The van der Waals surface area contributed by atoms with Crippen LogP contribution < -0.4 is 5.32 Å². The summed E-state index contributed by atoms with van der Waals surface area (Å²) in [4.78, 5) is 4.62. The van der Waals surface area contributed by atoms with Gasteiger partial charge in [0.15, 0.2) is 5.89 Å². The fourth-order valence-corrected chi connectivity index (χ4v) is 2.62. The third kappa shape index (κ3) is 2.14. The fraction of sp³-hybridized carbons (Fsp3) is 0.769. The minimum atomic E-state index is 0.585. The molecule has 0 bridgehead atoms. The van der Waals surface area contributed by atoms with Crippen molar-refractivity contribution in [1.82, 2.24) is 10.3 Å². The smallest absolute Gasteiger partial charge is 0.195 e. The highest BCUT2D eigenvalue weighted by atomic mass is 16.3. The van der Waals surface area contributed by atoms with Gasteiger partial charge in [0.05, 0.1) is 5.69 Å². The predicted molar refractivity (Wildman–Crippen MR) is 62.4 cm³/mol. The van der Waals surface area contributed by atoms with Crippen LogP contribution in [0.2, 0.25) is 0 Å². The van der Waals surface area contributed by atoms with Gasteiger partial charge < -0.3 is 9.73 Å². The molecule has 1 atom stereocenters. The van der Waals surface area contributed by atoms with E-state index < -0.39 is 0 Å². The van der Waals surface area contributed by atoms with Gasteiger partial charge in [0.2, 0.25) is 0 Å². The molecule has 1 aliphatic carbocycles. The van der Waals surface area contributed by atoms with Crippen LogP contribution in [0.3, 0.4) is 0 Å². The minimum Gasteiger partial charge on any atom is -0.449 e. The molecule has 1 aromatic rings. The molecule has 1 saturated carbocycles.